The zero-order valence-electron chi connectivity index (χ0n) is 16.8. The number of aromatic nitrogens is 4. The summed E-state index contributed by atoms with van der Waals surface area (Å²) < 4.78 is 0. The first kappa shape index (κ1) is 20.6. The van der Waals surface area contributed by atoms with Crippen molar-refractivity contribution < 1.29 is 30.0 Å². The molecule has 0 atom stereocenters. The molecule has 2 heterocycles. The van der Waals surface area contributed by atoms with Crippen LogP contribution in [0.25, 0.3) is 11.2 Å². The van der Waals surface area contributed by atoms with Crippen LogP contribution in [-0.4, -0.2) is 51.9 Å². The Labute approximate surface area is 179 Å². The Morgan fingerprint density at radius 2 is 1.28 bits per heavy atom. The van der Waals surface area contributed by atoms with E-state index in [9.17, 15) is 30.0 Å². The van der Waals surface area contributed by atoms with Crippen LogP contribution >= 0.6 is 0 Å². The van der Waals surface area contributed by atoms with Crippen LogP contribution in [0.2, 0.25) is 0 Å². The number of phenolic OH excluding ortho intramolecular Hbond substituents is 4. The number of hydrogen-bond acceptors (Lipinski definition) is 10. The van der Waals surface area contributed by atoms with Gasteiger partial charge in [-0.15, -0.1) is 0 Å². The largest absolute Gasteiger partial charge is 0.507 e. The first-order valence-corrected chi connectivity index (χ1v) is 9.23. The fraction of sp³-hybridized carbons (Fsp3) is 0.0952. The number of H-pyrrole nitrogens is 1. The lowest BCUT2D eigenvalue weighted by atomic mass is 9.80. The van der Waals surface area contributed by atoms with Crippen LogP contribution in [0.15, 0.2) is 24.8 Å². The summed E-state index contributed by atoms with van der Waals surface area (Å²) in [5.41, 5.74) is 5.74. The van der Waals surface area contributed by atoms with Crippen LogP contribution in [0, 0.1) is 13.8 Å². The molecule has 2 aromatic carbocycles. The summed E-state index contributed by atoms with van der Waals surface area (Å²) in [4.78, 5) is 39.5. The van der Waals surface area contributed by atoms with Gasteiger partial charge in [0.2, 0.25) is 11.6 Å². The van der Waals surface area contributed by atoms with E-state index in [1.807, 2.05) is 0 Å². The molecule has 0 radical (unpaired) electrons. The van der Waals surface area contributed by atoms with E-state index in [1.54, 1.807) is 0 Å². The fourth-order valence-electron chi connectivity index (χ4n) is 3.51. The lowest BCUT2D eigenvalue weighted by molar-refractivity contribution is 0.0969. The summed E-state index contributed by atoms with van der Waals surface area (Å²) in [6, 6.07) is 2.33. The van der Waals surface area contributed by atoms with E-state index in [4.69, 9.17) is 5.73 Å². The molecule has 0 fully saturated rings. The molecule has 11 heteroatoms. The lowest BCUT2D eigenvalue weighted by Gasteiger charge is -2.22. The number of imidazole rings is 1. The van der Waals surface area contributed by atoms with Gasteiger partial charge in [0, 0.05) is 0 Å². The third kappa shape index (κ3) is 2.95. The molecule has 162 valence electrons. The number of aromatic hydroxyl groups is 4. The van der Waals surface area contributed by atoms with Gasteiger partial charge in [0.1, 0.15) is 34.8 Å². The van der Waals surface area contributed by atoms with Gasteiger partial charge in [-0.05, 0) is 37.1 Å². The molecule has 0 spiro atoms. The molecule has 0 saturated heterocycles. The van der Waals surface area contributed by atoms with E-state index < -0.39 is 34.6 Å². The zero-order valence-corrected chi connectivity index (χ0v) is 16.8. The number of hydrogen-bond donors (Lipinski definition) is 6. The van der Waals surface area contributed by atoms with Crippen LogP contribution in [0.3, 0.4) is 0 Å². The van der Waals surface area contributed by atoms with E-state index >= 15 is 0 Å². The summed E-state index contributed by atoms with van der Waals surface area (Å²) in [5.74, 6) is -3.01. The Bertz CT molecular complexity index is 1370. The minimum absolute atomic E-state index is 0.219. The Kier molecular flexibility index (Phi) is 4.66. The molecule has 11 nitrogen and oxygen atoms in total. The van der Waals surface area contributed by atoms with Gasteiger partial charge in [-0.2, -0.15) is 0 Å². The summed E-state index contributed by atoms with van der Waals surface area (Å²) in [6.45, 7) is 2.93. The van der Waals surface area contributed by atoms with Crippen molar-refractivity contribution in [2.75, 3.05) is 5.73 Å². The van der Waals surface area contributed by atoms with Crippen LogP contribution in [0.5, 0.6) is 23.0 Å². The van der Waals surface area contributed by atoms with Gasteiger partial charge < -0.3 is 31.1 Å². The van der Waals surface area contributed by atoms with Crippen molar-refractivity contribution >= 4 is 28.5 Å². The molecule has 2 aromatic heterocycles. The number of aryl methyl sites for hydroxylation is 2. The average molecular weight is 435 g/mol. The Hall–Kier alpha value is -4.67. The first-order valence-electron chi connectivity index (χ1n) is 9.23. The maximum atomic E-state index is 12.6. The number of phenols is 4. The Morgan fingerprint density at radius 1 is 0.781 bits per heavy atom. The van der Waals surface area contributed by atoms with Crippen LogP contribution in [0.1, 0.15) is 43.0 Å². The monoisotopic (exact) mass is 435 g/mol. The minimum Gasteiger partial charge on any atom is -0.507 e. The molecular weight excluding hydrogens is 418 g/mol. The van der Waals surface area contributed by atoms with E-state index in [0.717, 1.165) is 12.1 Å². The number of carbonyl (C=O) groups is 2. The molecule has 0 aliphatic heterocycles. The Balaban J connectivity index is 0.000000203. The number of nitrogens with two attached hydrogens (primary N) is 1. The number of fused-ring (bicyclic) bond motifs is 3. The Morgan fingerprint density at radius 3 is 1.75 bits per heavy atom. The second-order valence-electron chi connectivity index (χ2n) is 7.14. The summed E-state index contributed by atoms with van der Waals surface area (Å²) in [5, 5.41) is 40.1. The van der Waals surface area contributed by atoms with Crippen LogP contribution in [-0.2, 0) is 0 Å². The van der Waals surface area contributed by atoms with E-state index in [1.165, 1.54) is 26.5 Å². The molecule has 5 rings (SSSR count). The molecule has 1 aliphatic carbocycles. The number of benzene rings is 2. The SMILES string of the molecule is Cc1cc(O)c2c(c1O)C(=O)c1c(O)cc(C)c(O)c1C2=O.Nc1ncnc2nc[nH]c12. The minimum atomic E-state index is -0.825. The van der Waals surface area contributed by atoms with Crippen LogP contribution < -0.4 is 5.73 Å². The summed E-state index contributed by atoms with van der Waals surface area (Å²) in [6.07, 6.45) is 2.92. The number of aromatic amines is 1. The van der Waals surface area contributed by atoms with Gasteiger partial charge in [-0.25, -0.2) is 15.0 Å². The second kappa shape index (κ2) is 7.23. The highest BCUT2D eigenvalue weighted by Crippen LogP contribution is 2.45. The van der Waals surface area contributed by atoms with E-state index in [-0.39, 0.29) is 33.4 Å². The standard InChI is InChI=1S/C16H12O6.C5H5N5/c1-5-3-7(17)9-11(13(5)19)15(21)10-8(18)4-6(2)14(20)12(10)16(9)22;6-4-3-5(9-1-7-3)10-2-8-4/h3-4,17-20H,1-2H3;1-2H,(H3,6,7,8,9,10). The number of carbonyl (C=O) groups excluding carboxylic acids is 2. The third-order valence-electron chi connectivity index (χ3n) is 5.10. The highest BCUT2D eigenvalue weighted by Gasteiger charge is 2.39. The predicted octanol–water partition coefficient (Wildman–Crippen LogP) is 1.84. The van der Waals surface area contributed by atoms with Gasteiger partial charge in [-0.3, -0.25) is 9.59 Å². The predicted molar refractivity (Wildman–Crippen MR) is 112 cm³/mol. The number of ketones is 2. The number of anilines is 1. The highest BCUT2D eigenvalue weighted by molar-refractivity contribution is 6.32. The quantitative estimate of drug-likeness (QED) is 0.195. The number of nitrogens with one attached hydrogen (secondary N) is 1. The van der Waals surface area contributed by atoms with Crippen molar-refractivity contribution in [1.29, 1.82) is 0 Å². The maximum absolute atomic E-state index is 12.6. The van der Waals surface area contributed by atoms with Crippen molar-refractivity contribution in [2.45, 2.75) is 13.8 Å². The van der Waals surface area contributed by atoms with Crippen molar-refractivity contribution in [3.63, 3.8) is 0 Å². The van der Waals surface area contributed by atoms with Crippen molar-refractivity contribution in [1.82, 2.24) is 19.9 Å². The molecule has 0 amide bonds. The van der Waals surface area contributed by atoms with Gasteiger partial charge in [0.25, 0.3) is 0 Å². The normalized spacial score (nSPS) is 12.2. The molecule has 0 unspecified atom stereocenters. The number of rotatable bonds is 0. The van der Waals surface area contributed by atoms with Crippen LogP contribution in [0.4, 0.5) is 5.82 Å². The summed E-state index contributed by atoms with van der Waals surface area (Å²) in [7, 11) is 0. The second-order valence-corrected chi connectivity index (χ2v) is 7.14. The van der Waals surface area contributed by atoms with Gasteiger partial charge in [0.15, 0.2) is 11.5 Å². The lowest BCUT2D eigenvalue weighted by Crippen LogP contribution is -2.22. The molecule has 7 N–H and O–H groups in total. The molecule has 1 aliphatic rings. The van der Waals surface area contributed by atoms with Crippen molar-refractivity contribution in [3.8, 4) is 23.0 Å². The molecule has 32 heavy (non-hydrogen) atoms. The van der Waals surface area contributed by atoms with Gasteiger partial charge >= 0.3 is 0 Å². The molecule has 4 aromatic rings. The molecule has 0 saturated carbocycles. The highest BCUT2D eigenvalue weighted by atomic mass is 16.3. The van der Waals surface area contributed by atoms with E-state index in [2.05, 4.69) is 19.9 Å². The van der Waals surface area contributed by atoms with Crippen molar-refractivity contribution in [3.05, 3.63) is 58.2 Å². The average Bonchev–Trinajstić information content (AvgIpc) is 3.22. The number of nitrogens with zero attached hydrogens (tertiary/aromatic N) is 3. The number of nitrogen functional groups attached to an aromatic ring is 1. The maximum Gasteiger partial charge on any atom is 0.202 e. The van der Waals surface area contributed by atoms with E-state index in [0.29, 0.717) is 17.0 Å². The van der Waals surface area contributed by atoms with Crippen molar-refractivity contribution in [2.24, 2.45) is 0 Å². The topological polar surface area (TPSA) is 196 Å². The van der Waals surface area contributed by atoms with Gasteiger partial charge in [-0.1, -0.05) is 0 Å². The fourth-order valence-corrected chi connectivity index (χ4v) is 3.51. The summed E-state index contributed by atoms with van der Waals surface area (Å²) >= 11 is 0. The smallest absolute Gasteiger partial charge is 0.202 e. The zero-order chi connectivity index (χ0) is 23.3. The van der Waals surface area contributed by atoms with Gasteiger partial charge in [0.05, 0.1) is 28.6 Å². The third-order valence-corrected chi connectivity index (χ3v) is 5.10. The first-order chi connectivity index (χ1) is 15.1. The molecular formula is C21H17N5O6. The molecule has 0 bridgehead atoms.